The van der Waals surface area contributed by atoms with Crippen molar-refractivity contribution in [2.24, 2.45) is 0 Å². The predicted octanol–water partition coefficient (Wildman–Crippen LogP) is 2.32. The maximum atomic E-state index is 11.1. The van der Waals surface area contributed by atoms with E-state index in [2.05, 4.69) is 15.9 Å². The predicted molar refractivity (Wildman–Crippen MR) is 54.0 cm³/mol. The van der Waals surface area contributed by atoms with Gasteiger partial charge in [0.2, 0.25) is 0 Å². The lowest BCUT2D eigenvalue weighted by Crippen LogP contribution is -2.07. The molecule has 0 spiro atoms. The van der Waals surface area contributed by atoms with Crippen LogP contribution in [0.2, 0.25) is 0 Å². The molecule has 0 fully saturated rings. The molecule has 1 aromatic heterocycles. The highest BCUT2D eigenvalue weighted by molar-refractivity contribution is 9.10. The molecule has 3 nitrogen and oxygen atoms in total. The van der Waals surface area contributed by atoms with E-state index in [1.807, 2.05) is 0 Å². The standard InChI is InChI=1S/C8H9BrO3S/c1-2-12-7(10)3-5-6(9)4-13-8(5)11/h4,11H,2-3H2,1H3. The fourth-order valence-electron chi connectivity index (χ4n) is 0.868. The smallest absolute Gasteiger partial charge is 0.310 e. The second kappa shape index (κ2) is 4.62. The Bertz CT molecular complexity index is 289. The molecule has 0 aliphatic rings. The summed E-state index contributed by atoms with van der Waals surface area (Å²) in [4.78, 5) is 11.1. The van der Waals surface area contributed by atoms with Gasteiger partial charge in [0.25, 0.3) is 0 Å². The van der Waals surface area contributed by atoms with Crippen LogP contribution < -0.4 is 0 Å². The molecule has 0 bridgehead atoms. The van der Waals surface area contributed by atoms with Crippen molar-refractivity contribution in [1.29, 1.82) is 0 Å². The third-order valence-corrected chi connectivity index (χ3v) is 3.28. The second-order valence-corrected chi connectivity index (χ2v) is 4.06. The minimum absolute atomic E-state index is 0.115. The molecule has 0 aromatic carbocycles. The third-order valence-electron chi connectivity index (χ3n) is 1.45. The molecule has 0 atom stereocenters. The number of rotatable bonds is 3. The number of carbonyl (C=O) groups excluding carboxylic acids is 1. The normalized spacial score (nSPS) is 10.0. The molecule has 0 aliphatic heterocycles. The van der Waals surface area contributed by atoms with E-state index in [1.54, 1.807) is 12.3 Å². The molecule has 0 radical (unpaired) electrons. The first-order valence-corrected chi connectivity index (χ1v) is 5.42. The summed E-state index contributed by atoms with van der Waals surface area (Å²) in [6.07, 6.45) is 0.115. The molecule has 0 unspecified atom stereocenters. The summed E-state index contributed by atoms with van der Waals surface area (Å²) < 4.78 is 5.51. The Morgan fingerprint density at radius 3 is 2.92 bits per heavy atom. The number of hydrogen-bond donors (Lipinski definition) is 1. The van der Waals surface area contributed by atoms with Gasteiger partial charge in [0.1, 0.15) is 0 Å². The zero-order valence-electron chi connectivity index (χ0n) is 7.04. The molecule has 0 amide bonds. The van der Waals surface area contributed by atoms with Gasteiger partial charge in [0.15, 0.2) is 5.06 Å². The number of halogens is 1. The van der Waals surface area contributed by atoms with Crippen LogP contribution in [0.1, 0.15) is 12.5 Å². The molecular formula is C8H9BrO3S. The quantitative estimate of drug-likeness (QED) is 0.853. The summed E-state index contributed by atoms with van der Waals surface area (Å²) >= 11 is 4.43. The van der Waals surface area contributed by atoms with Crippen LogP contribution in [0, 0.1) is 0 Å². The lowest BCUT2D eigenvalue weighted by atomic mass is 10.2. The monoisotopic (exact) mass is 264 g/mol. The SMILES string of the molecule is CCOC(=O)Cc1c(Br)csc1O. The van der Waals surface area contributed by atoms with Crippen LogP contribution >= 0.6 is 27.3 Å². The first-order valence-electron chi connectivity index (χ1n) is 3.75. The Kier molecular flexibility index (Phi) is 3.74. The van der Waals surface area contributed by atoms with Gasteiger partial charge in [-0.15, -0.1) is 11.3 Å². The van der Waals surface area contributed by atoms with Crippen molar-refractivity contribution in [3.63, 3.8) is 0 Å². The third kappa shape index (κ3) is 2.70. The number of carbonyl (C=O) groups is 1. The Balaban J connectivity index is 2.68. The van der Waals surface area contributed by atoms with Crippen molar-refractivity contribution < 1.29 is 14.6 Å². The molecule has 5 heteroatoms. The highest BCUT2D eigenvalue weighted by atomic mass is 79.9. The average Bonchev–Trinajstić information content (AvgIpc) is 2.36. The maximum Gasteiger partial charge on any atom is 0.310 e. The van der Waals surface area contributed by atoms with Crippen LogP contribution in [-0.2, 0) is 16.0 Å². The van der Waals surface area contributed by atoms with E-state index in [4.69, 9.17) is 4.74 Å². The van der Waals surface area contributed by atoms with Crippen molar-refractivity contribution in [3.05, 3.63) is 15.4 Å². The van der Waals surface area contributed by atoms with Crippen LogP contribution in [0.4, 0.5) is 0 Å². The summed E-state index contributed by atoms with van der Waals surface area (Å²) in [5.41, 5.74) is 0.600. The number of ether oxygens (including phenoxy) is 1. The lowest BCUT2D eigenvalue weighted by molar-refractivity contribution is -0.142. The first-order chi connectivity index (χ1) is 6.15. The molecular weight excluding hydrogens is 256 g/mol. The van der Waals surface area contributed by atoms with Crippen molar-refractivity contribution in [1.82, 2.24) is 0 Å². The zero-order chi connectivity index (χ0) is 9.84. The lowest BCUT2D eigenvalue weighted by Gasteiger charge is -2.00. The van der Waals surface area contributed by atoms with E-state index >= 15 is 0 Å². The van der Waals surface area contributed by atoms with E-state index in [9.17, 15) is 9.90 Å². The molecule has 1 heterocycles. The van der Waals surface area contributed by atoms with Crippen molar-refractivity contribution in [2.75, 3.05) is 6.61 Å². The van der Waals surface area contributed by atoms with Gasteiger partial charge in [0.05, 0.1) is 13.0 Å². The largest absolute Gasteiger partial charge is 0.499 e. The minimum Gasteiger partial charge on any atom is -0.499 e. The van der Waals surface area contributed by atoms with Gasteiger partial charge in [-0.25, -0.2) is 0 Å². The molecule has 0 saturated heterocycles. The first kappa shape index (κ1) is 10.5. The fraction of sp³-hybridized carbons (Fsp3) is 0.375. The topological polar surface area (TPSA) is 46.5 Å². The zero-order valence-corrected chi connectivity index (χ0v) is 9.44. The Labute approximate surface area is 88.5 Å². The van der Waals surface area contributed by atoms with Crippen molar-refractivity contribution in [3.8, 4) is 5.06 Å². The van der Waals surface area contributed by atoms with E-state index in [0.29, 0.717) is 12.2 Å². The van der Waals surface area contributed by atoms with E-state index in [-0.39, 0.29) is 17.5 Å². The van der Waals surface area contributed by atoms with Crippen LogP contribution in [-0.4, -0.2) is 17.7 Å². The Morgan fingerprint density at radius 2 is 2.46 bits per heavy atom. The highest BCUT2D eigenvalue weighted by Gasteiger charge is 2.13. The van der Waals surface area contributed by atoms with Crippen molar-refractivity contribution >= 4 is 33.2 Å². The van der Waals surface area contributed by atoms with Crippen LogP contribution in [0.5, 0.6) is 5.06 Å². The highest BCUT2D eigenvalue weighted by Crippen LogP contribution is 2.33. The van der Waals surface area contributed by atoms with Gasteiger partial charge >= 0.3 is 5.97 Å². The summed E-state index contributed by atoms with van der Waals surface area (Å²) in [6, 6.07) is 0. The van der Waals surface area contributed by atoms with Gasteiger partial charge in [0, 0.05) is 15.4 Å². The van der Waals surface area contributed by atoms with Crippen LogP contribution in [0.15, 0.2) is 9.85 Å². The van der Waals surface area contributed by atoms with Gasteiger partial charge in [-0.05, 0) is 22.9 Å². The number of aromatic hydroxyl groups is 1. The molecule has 1 aromatic rings. The van der Waals surface area contributed by atoms with Crippen molar-refractivity contribution in [2.45, 2.75) is 13.3 Å². The number of hydrogen-bond acceptors (Lipinski definition) is 4. The summed E-state index contributed by atoms with van der Waals surface area (Å²) in [5.74, 6) is -0.322. The van der Waals surface area contributed by atoms with Gasteiger partial charge in [-0.3, -0.25) is 4.79 Å². The molecule has 1 rings (SSSR count). The Morgan fingerprint density at radius 1 is 1.77 bits per heavy atom. The summed E-state index contributed by atoms with van der Waals surface area (Å²) in [6.45, 7) is 2.11. The van der Waals surface area contributed by atoms with Crippen LogP contribution in [0.25, 0.3) is 0 Å². The molecule has 1 N–H and O–H groups in total. The number of esters is 1. The second-order valence-electron chi connectivity index (χ2n) is 2.35. The Hall–Kier alpha value is -0.550. The average molecular weight is 265 g/mol. The number of thiophene rings is 1. The summed E-state index contributed by atoms with van der Waals surface area (Å²) in [7, 11) is 0. The van der Waals surface area contributed by atoms with Gasteiger partial charge < -0.3 is 9.84 Å². The molecule has 0 aliphatic carbocycles. The fourth-order valence-corrected chi connectivity index (χ4v) is 2.29. The van der Waals surface area contributed by atoms with Gasteiger partial charge in [-0.2, -0.15) is 0 Å². The molecule has 72 valence electrons. The van der Waals surface area contributed by atoms with Gasteiger partial charge in [-0.1, -0.05) is 0 Å². The van der Waals surface area contributed by atoms with E-state index in [1.165, 1.54) is 11.3 Å². The van der Waals surface area contributed by atoms with Crippen LogP contribution in [0.3, 0.4) is 0 Å². The van der Waals surface area contributed by atoms with E-state index < -0.39 is 0 Å². The molecule has 13 heavy (non-hydrogen) atoms. The summed E-state index contributed by atoms with van der Waals surface area (Å²) in [5, 5.41) is 11.2. The molecule has 0 saturated carbocycles. The minimum atomic E-state index is -0.322. The maximum absolute atomic E-state index is 11.1. The van der Waals surface area contributed by atoms with E-state index in [0.717, 1.165) is 4.47 Å².